The Labute approximate surface area is 307 Å². The highest BCUT2D eigenvalue weighted by atomic mass is 16.3. The fourth-order valence-corrected chi connectivity index (χ4v) is 7.68. The van der Waals surface area contributed by atoms with Gasteiger partial charge < -0.3 is 36.0 Å². The first kappa shape index (κ1) is 36.6. The molecule has 0 aliphatic heterocycles. The highest BCUT2D eigenvalue weighted by Crippen LogP contribution is 2.51. The molecule has 0 radical (unpaired) electrons. The lowest BCUT2D eigenvalue weighted by Gasteiger charge is -2.20. The minimum Gasteiger partial charge on any atom is -0.507 e. The van der Waals surface area contributed by atoms with Gasteiger partial charge in [0.2, 0.25) is 0 Å². The largest absolute Gasteiger partial charge is 0.507 e. The molecule has 0 aliphatic carbocycles. The van der Waals surface area contributed by atoms with Crippen molar-refractivity contribution >= 4 is 33.2 Å². The Bertz CT molecular complexity index is 2510. The Morgan fingerprint density at radius 2 is 1.02 bits per heavy atom. The summed E-state index contributed by atoms with van der Waals surface area (Å²) >= 11 is 0. The summed E-state index contributed by atoms with van der Waals surface area (Å²) in [7, 11) is 0. The molecular weight excluding hydrogens is 670 g/mol. The van der Waals surface area contributed by atoms with Crippen LogP contribution >= 0.6 is 0 Å². The number of hydrogen-bond donors (Lipinski definition) is 7. The standard InChI is InChI=1S/C44H43NO8/c1-20-8-9-27(22(3)12-20)19-45-44(53)39-30-16-26(7)37(41(50)32(30)18-35(48)43(39)52)36-25(6)15-29-31(40(36)49)17-34(47)42(51)38(29)33(46)11-10-28-23(4)13-21(2)14-24(28)5/h8-9,12-18,47-52H,10-11,19H2,1-7H3,(H,45,53). The molecule has 6 aromatic rings. The van der Waals surface area contributed by atoms with E-state index in [4.69, 9.17) is 0 Å². The molecule has 0 saturated carbocycles. The summed E-state index contributed by atoms with van der Waals surface area (Å²) in [5.74, 6) is -4.27. The maximum Gasteiger partial charge on any atom is 0.256 e. The Morgan fingerprint density at radius 1 is 0.528 bits per heavy atom. The van der Waals surface area contributed by atoms with Gasteiger partial charge in [0.15, 0.2) is 28.8 Å². The first-order valence-corrected chi connectivity index (χ1v) is 17.4. The van der Waals surface area contributed by atoms with Crippen molar-refractivity contribution in [3.63, 3.8) is 0 Å². The van der Waals surface area contributed by atoms with E-state index < -0.39 is 34.7 Å². The molecule has 0 bridgehead atoms. The molecule has 0 atom stereocenters. The van der Waals surface area contributed by atoms with Gasteiger partial charge in [-0.1, -0.05) is 41.5 Å². The van der Waals surface area contributed by atoms with E-state index in [0.717, 1.165) is 45.0 Å². The van der Waals surface area contributed by atoms with Crippen LogP contribution in [0.1, 0.15) is 77.2 Å². The van der Waals surface area contributed by atoms with Crippen LogP contribution in [0.15, 0.2) is 54.6 Å². The average molecular weight is 714 g/mol. The van der Waals surface area contributed by atoms with Crippen LogP contribution in [0.3, 0.4) is 0 Å². The van der Waals surface area contributed by atoms with Crippen molar-refractivity contribution in [1.82, 2.24) is 5.32 Å². The molecule has 6 aromatic carbocycles. The number of aryl methyl sites for hydroxylation is 7. The van der Waals surface area contributed by atoms with Gasteiger partial charge in [-0.15, -0.1) is 0 Å². The number of amides is 1. The first-order valence-electron chi connectivity index (χ1n) is 17.4. The fourth-order valence-electron chi connectivity index (χ4n) is 7.68. The quantitative estimate of drug-likeness (QED) is 0.0607. The number of phenolic OH excluding ortho intramolecular Hbond substituents is 6. The predicted octanol–water partition coefficient (Wildman–Crippen LogP) is 8.80. The highest BCUT2D eigenvalue weighted by molar-refractivity contribution is 6.16. The van der Waals surface area contributed by atoms with Crippen LogP contribution in [-0.4, -0.2) is 42.3 Å². The lowest BCUT2D eigenvalue weighted by Crippen LogP contribution is -2.23. The van der Waals surface area contributed by atoms with E-state index in [9.17, 15) is 40.2 Å². The van der Waals surface area contributed by atoms with Crippen molar-refractivity contribution in [3.8, 4) is 45.6 Å². The topological polar surface area (TPSA) is 168 Å². The number of Topliss-reactive ketones (excluding diaryl/α,β-unsaturated/α-hetero) is 1. The van der Waals surface area contributed by atoms with E-state index in [1.807, 2.05) is 65.0 Å². The molecule has 272 valence electrons. The summed E-state index contributed by atoms with van der Waals surface area (Å²) in [6.07, 6.45) is 0.453. The molecule has 7 N–H and O–H groups in total. The summed E-state index contributed by atoms with van der Waals surface area (Å²) in [6.45, 7) is 13.4. The number of carbonyl (C=O) groups excluding carboxylic acids is 2. The molecule has 0 saturated heterocycles. The van der Waals surface area contributed by atoms with Gasteiger partial charge >= 0.3 is 0 Å². The van der Waals surface area contributed by atoms with Crippen molar-refractivity contribution in [2.75, 3.05) is 0 Å². The van der Waals surface area contributed by atoms with Gasteiger partial charge in [0.1, 0.15) is 11.5 Å². The lowest BCUT2D eigenvalue weighted by molar-refractivity contribution is 0.0947. The molecule has 0 heterocycles. The minimum atomic E-state index is -0.667. The number of carbonyl (C=O) groups is 2. The van der Waals surface area contributed by atoms with Crippen molar-refractivity contribution in [3.05, 3.63) is 116 Å². The minimum absolute atomic E-state index is 0.0415. The zero-order valence-electron chi connectivity index (χ0n) is 30.8. The van der Waals surface area contributed by atoms with E-state index in [0.29, 0.717) is 17.5 Å². The van der Waals surface area contributed by atoms with E-state index in [1.54, 1.807) is 26.0 Å². The van der Waals surface area contributed by atoms with Gasteiger partial charge in [-0.05, 0) is 118 Å². The molecule has 0 aromatic heterocycles. The van der Waals surface area contributed by atoms with Crippen LogP contribution in [0.2, 0.25) is 0 Å². The fraction of sp³-hybridized carbons (Fsp3) is 0.227. The summed E-state index contributed by atoms with van der Waals surface area (Å²) < 4.78 is 0. The van der Waals surface area contributed by atoms with E-state index in [-0.39, 0.29) is 68.3 Å². The third kappa shape index (κ3) is 6.43. The van der Waals surface area contributed by atoms with Gasteiger partial charge in [-0.25, -0.2) is 0 Å². The molecule has 0 aliphatic rings. The second-order valence-electron chi connectivity index (χ2n) is 14.2. The maximum atomic E-state index is 13.8. The highest BCUT2D eigenvalue weighted by Gasteiger charge is 2.28. The zero-order chi connectivity index (χ0) is 38.6. The van der Waals surface area contributed by atoms with Crippen molar-refractivity contribution < 1.29 is 40.2 Å². The molecule has 53 heavy (non-hydrogen) atoms. The monoisotopic (exact) mass is 713 g/mol. The third-order valence-corrected chi connectivity index (χ3v) is 10.3. The van der Waals surface area contributed by atoms with Crippen molar-refractivity contribution in [2.24, 2.45) is 0 Å². The number of nitrogens with one attached hydrogen (secondary N) is 1. The van der Waals surface area contributed by atoms with Crippen LogP contribution in [0.5, 0.6) is 34.5 Å². The van der Waals surface area contributed by atoms with Crippen LogP contribution in [-0.2, 0) is 13.0 Å². The van der Waals surface area contributed by atoms with Crippen LogP contribution in [0, 0.1) is 48.5 Å². The van der Waals surface area contributed by atoms with Gasteiger partial charge in [0, 0.05) is 45.6 Å². The summed E-state index contributed by atoms with van der Waals surface area (Å²) in [6, 6.07) is 15.4. The molecule has 1 amide bonds. The molecule has 6 rings (SSSR count). The molecule has 0 spiro atoms. The number of fused-ring (bicyclic) bond motifs is 2. The normalized spacial score (nSPS) is 11.4. The zero-order valence-corrected chi connectivity index (χ0v) is 30.8. The van der Waals surface area contributed by atoms with Crippen molar-refractivity contribution in [1.29, 1.82) is 0 Å². The van der Waals surface area contributed by atoms with Gasteiger partial charge in [0.05, 0.1) is 11.1 Å². The summed E-state index contributed by atoms with van der Waals surface area (Å²) in [5, 5.41) is 70.3. The Balaban J connectivity index is 1.44. The maximum absolute atomic E-state index is 13.8. The van der Waals surface area contributed by atoms with Gasteiger partial charge in [0.25, 0.3) is 5.91 Å². The number of hydrogen-bond acceptors (Lipinski definition) is 8. The van der Waals surface area contributed by atoms with Crippen LogP contribution in [0.4, 0.5) is 0 Å². The number of ketones is 1. The third-order valence-electron chi connectivity index (χ3n) is 10.3. The second-order valence-corrected chi connectivity index (χ2v) is 14.2. The average Bonchev–Trinajstić information content (AvgIpc) is 3.07. The number of aromatic hydroxyl groups is 6. The molecule has 9 heteroatoms. The molecule has 0 fully saturated rings. The summed E-state index contributed by atoms with van der Waals surface area (Å²) in [4.78, 5) is 27.3. The second kappa shape index (κ2) is 13.7. The van der Waals surface area contributed by atoms with Gasteiger partial charge in [-0.3, -0.25) is 9.59 Å². The Hall–Kier alpha value is -6.22. The Kier molecular flexibility index (Phi) is 9.47. The Morgan fingerprint density at radius 3 is 1.55 bits per heavy atom. The van der Waals surface area contributed by atoms with Gasteiger partial charge in [-0.2, -0.15) is 0 Å². The predicted molar refractivity (Wildman–Crippen MR) is 207 cm³/mol. The molecule has 9 nitrogen and oxygen atoms in total. The van der Waals surface area contributed by atoms with E-state index in [1.165, 1.54) is 6.07 Å². The first-order chi connectivity index (χ1) is 25.0. The van der Waals surface area contributed by atoms with Crippen LogP contribution < -0.4 is 5.32 Å². The van der Waals surface area contributed by atoms with Crippen LogP contribution in [0.25, 0.3) is 32.7 Å². The number of benzene rings is 6. The summed E-state index contributed by atoms with van der Waals surface area (Å²) in [5.41, 5.74) is 8.03. The van der Waals surface area contributed by atoms with E-state index in [2.05, 4.69) is 5.32 Å². The lowest BCUT2D eigenvalue weighted by atomic mass is 9.86. The number of rotatable bonds is 8. The van der Waals surface area contributed by atoms with Crippen molar-refractivity contribution in [2.45, 2.75) is 67.9 Å². The smallest absolute Gasteiger partial charge is 0.256 e. The molecule has 0 unspecified atom stereocenters. The van der Waals surface area contributed by atoms with E-state index >= 15 is 0 Å². The number of phenols is 6. The SMILES string of the molecule is Cc1ccc(CNC(=O)c2c(O)c(O)cc3c(O)c(-c4c(C)cc5c(C(=O)CCc6c(C)cc(C)cc6C)c(O)c(O)cc5c4O)c(C)cc23)c(C)c1. The molecular formula is C44H43NO8.